The first-order valence-electron chi connectivity index (χ1n) is 11.0. The number of hydrogen-bond acceptors (Lipinski definition) is 4. The van der Waals surface area contributed by atoms with Crippen LogP contribution < -0.4 is 10.1 Å². The van der Waals surface area contributed by atoms with Gasteiger partial charge in [0.2, 0.25) is 0 Å². The Bertz CT molecular complexity index is 1240. The van der Waals surface area contributed by atoms with Crippen molar-refractivity contribution in [3.8, 4) is 11.5 Å². The molecule has 35 heavy (non-hydrogen) atoms. The number of morpholine rings is 1. The summed E-state index contributed by atoms with van der Waals surface area (Å²) in [6.45, 7) is 3.75. The Labute approximate surface area is 200 Å². The number of hydrogen-bond donors (Lipinski definition) is 1. The van der Waals surface area contributed by atoms with E-state index in [1.807, 2.05) is 0 Å². The van der Waals surface area contributed by atoms with Gasteiger partial charge in [-0.1, -0.05) is 18.2 Å². The maximum Gasteiger partial charge on any atom is 0.416 e. The topological polar surface area (TPSA) is 67.9 Å². The van der Waals surface area contributed by atoms with Gasteiger partial charge >= 0.3 is 6.18 Å². The van der Waals surface area contributed by atoms with E-state index in [-0.39, 0.29) is 23.0 Å². The third kappa shape index (κ3) is 5.81. The van der Waals surface area contributed by atoms with Gasteiger partial charge in [-0.05, 0) is 61.0 Å². The van der Waals surface area contributed by atoms with Gasteiger partial charge in [0.15, 0.2) is 0 Å². The first kappa shape index (κ1) is 24.3. The van der Waals surface area contributed by atoms with E-state index in [0.717, 1.165) is 12.1 Å². The highest BCUT2D eigenvalue weighted by atomic mass is 19.4. The van der Waals surface area contributed by atoms with Crippen molar-refractivity contribution >= 4 is 17.5 Å². The van der Waals surface area contributed by atoms with Crippen molar-refractivity contribution in [1.29, 1.82) is 0 Å². The molecule has 1 heterocycles. The molecule has 0 radical (unpaired) electrons. The molecule has 0 aliphatic carbocycles. The largest absolute Gasteiger partial charge is 0.457 e. The summed E-state index contributed by atoms with van der Waals surface area (Å²) in [7, 11) is 0. The van der Waals surface area contributed by atoms with Crippen molar-refractivity contribution in [3.63, 3.8) is 0 Å². The monoisotopic (exact) mass is 484 g/mol. The molecule has 0 aromatic heterocycles. The number of nitrogens with one attached hydrogen (secondary N) is 1. The van der Waals surface area contributed by atoms with Crippen molar-refractivity contribution in [2.45, 2.75) is 13.1 Å². The van der Waals surface area contributed by atoms with Crippen molar-refractivity contribution < 1.29 is 32.2 Å². The number of rotatable bonds is 5. The van der Waals surface area contributed by atoms with Gasteiger partial charge in [-0.3, -0.25) is 9.59 Å². The number of nitrogens with zero attached hydrogens (tertiary/aromatic N) is 1. The Hall–Kier alpha value is -3.85. The van der Waals surface area contributed by atoms with E-state index in [2.05, 4.69) is 5.32 Å². The zero-order valence-electron chi connectivity index (χ0n) is 18.9. The fraction of sp³-hybridized carbons (Fsp3) is 0.231. The van der Waals surface area contributed by atoms with Crippen LogP contribution in [0, 0.1) is 6.92 Å². The Morgan fingerprint density at radius 3 is 2.31 bits per heavy atom. The lowest BCUT2D eigenvalue weighted by atomic mass is 10.0. The summed E-state index contributed by atoms with van der Waals surface area (Å²) in [4.78, 5) is 27.5. The Kier molecular flexibility index (Phi) is 7.07. The van der Waals surface area contributed by atoms with Crippen molar-refractivity contribution in [3.05, 3.63) is 89.0 Å². The fourth-order valence-electron chi connectivity index (χ4n) is 3.71. The summed E-state index contributed by atoms with van der Waals surface area (Å²) in [5, 5.41) is 2.81. The first-order valence-corrected chi connectivity index (χ1v) is 11.0. The van der Waals surface area contributed by atoms with Gasteiger partial charge in [0.1, 0.15) is 11.5 Å². The molecule has 0 spiro atoms. The van der Waals surface area contributed by atoms with Crippen LogP contribution in [0.1, 0.15) is 31.8 Å². The van der Waals surface area contributed by atoms with Gasteiger partial charge in [0.25, 0.3) is 11.8 Å². The molecular weight excluding hydrogens is 461 g/mol. The van der Waals surface area contributed by atoms with Crippen LogP contribution in [-0.2, 0) is 10.9 Å². The molecule has 3 aromatic carbocycles. The van der Waals surface area contributed by atoms with Gasteiger partial charge < -0.3 is 19.7 Å². The van der Waals surface area contributed by atoms with Crippen LogP contribution in [0.4, 0.5) is 18.9 Å². The van der Waals surface area contributed by atoms with E-state index < -0.39 is 17.6 Å². The Morgan fingerprint density at radius 1 is 0.943 bits per heavy atom. The molecule has 0 atom stereocenters. The number of halogens is 3. The Balaban J connectivity index is 1.49. The van der Waals surface area contributed by atoms with Crippen molar-refractivity contribution in [1.82, 2.24) is 4.90 Å². The van der Waals surface area contributed by atoms with Gasteiger partial charge in [-0.25, -0.2) is 0 Å². The smallest absolute Gasteiger partial charge is 0.416 e. The second-order valence-corrected chi connectivity index (χ2v) is 7.99. The number of amides is 2. The standard InChI is InChI=1S/C26H23F3N2O4/c1-17-22(25(33)31-11-13-34-14-12-31)9-4-10-23(17)30-24(32)18-5-2-7-20(15-18)35-21-8-3-6-19(16-21)26(27,28)29/h2-10,15-16H,11-14H2,1H3,(H,30,32). The lowest BCUT2D eigenvalue weighted by Gasteiger charge is -2.27. The minimum absolute atomic E-state index is 0.00236. The second kappa shape index (κ2) is 10.2. The number of benzene rings is 3. The molecule has 2 amide bonds. The Morgan fingerprint density at radius 2 is 1.60 bits per heavy atom. The third-order valence-corrected chi connectivity index (χ3v) is 5.60. The quantitative estimate of drug-likeness (QED) is 0.517. The lowest BCUT2D eigenvalue weighted by molar-refractivity contribution is -0.137. The predicted molar refractivity (Wildman–Crippen MR) is 124 cm³/mol. The van der Waals surface area contributed by atoms with Crippen LogP contribution in [0.2, 0.25) is 0 Å². The summed E-state index contributed by atoms with van der Waals surface area (Å²) in [5.41, 5.74) is 1.03. The second-order valence-electron chi connectivity index (χ2n) is 7.99. The average molecular weight is 484 g/mol. The fourth-order valence-corrected chi connectivity index (χ4v) is 3.71. The molecule has 9 heteroatoms. The molecule has 6 nitrogen and oxygen atoms in total. The number of alkyl halides is 3. The molecule has 1 aliphatic rings. The summed E-state index contributed by atoms with van der Waals surface area (Å²) in [6, 6.07) is 15.7. The summed E-state index contributed by atoms with van der Waals surface area (Å²) in [5.74, 6) is -0.357. The number of ether oxygens (including phenoxy) is 2. The molecule has 1 aliphatic heterocycles. The molecule has 1 saturated heterocycles. The van der Waals surface area contributed by atoms with Crippen LogP contribution in [-0.4, -0.2) is 43.0 Å². The van der Waals surface area contributed by atoms with Gasteiger partial charge in [-0.15, -0.1) is 0 Å². The zero-order chi connectivity index (χ0) is 25.0. The summed E-state index contributed by atoms with van der Waals surface area (Å²) in [6.07, 6.45) is -4.49. The van der Waals surface area contributed by atoms with Crippen LogP contribution in [0.3, 0.4) is 0 Å². The van der Waals surface area contributed by atoms with E-state index in [9.17, 15) is 22.8 Å². The highest BCUT2D eigenvalue weighted by Gasteiger charge is 2.30. The number of carbonyl (C=O) groups excluding carboxylic acids is 2. The first-order chi connectivity index (χ1) is 16.7. The third-order valence-electron chi connectivity index (χ3n) is 5.60. The van der Waals surface area contributed by atoms with Crippen LogP contribution in [0.25, 0.3) is 0 Å². The predicted octanol–water partition coefficient (Wildman–Crippen LogP) is 5.53. The van der Waals surface area contributed by atoms with Gasteiger partial charge in [-0.2, -0.15) is 13.2 Å². The molecule has 1 fully saturated rings. The molecule has 0 saturated carbocycles. The summed E-state index contributed by atoms with van der Waals surface area (Å²) >= 11 is 0. The molecule has 3 aromatic rings. The molecule has 0 bridgehead atoms. The van der Waals surface area contributed by atoms with Crippen LogP contribution >= 0.6 is 0 Å². The molecule has 4 rings (SSSR count). The van der Waals surface area contributed by atoms with Gasteiger partial charge in [0, 0.05) is 29.9 Å². The highest BCUT2D eigenvalue weighted by Crippen LogP contribution is 2.33. The van der Waals surface area contributed by atoms with E-state index in [1.54, 1.807) is 48.2 Å². The van der Waals surface area contributed by atoms with E-state index >= 15 is 0 Å². The lowest BCUT2D eigenvalue weighted by Crippen LogP contribution is -2.41. The summed E-state index contributed by atoms with van der Waals surface area (Å²) < 4.78 is 49.7. The SMILES string of the molecule is Cc1c(NC(=O)c2cccc(Oc3cccc(C(F)(F)F)c3)c2)cccc1C(=O)N1CCOCC1. The normalized spacial score (nSPS) is 13.9. The van der Waals surface area contributed by atoms with Gasteiger partial charge in [0.05, 0.1) is 18.8 Å². The molecule has 182 valence electrons. The maximum absolute atomic E-state index is 13.0. The number of carbonyl (C=O) groups is 2. The minimum Gasteiger partial charge on any atom is -0.457 e. The number of anilines is 1. The van der Waals surface area contributed by atoms with E-state index in [1.165, 1.54) is 18.2 Å². The minimum atomic E-state index is -4.49. The maximum atomic E-state index is 13.0. The highest BCUT2D eigenvalue weighted by molar-refractivity contribution is 6.06. The van der Waals surface area contributed by atoms with Crippen LogP contribution in [0.15, 0.2) is 66.7 Å². The average Bonchev–Trinajstić information content (AvgIpc) is 2.85. The van der Waals surface area contributed by atoms with Crippen LogP contribution in [0.5, 0.6) is 11.5 Å². The van der Waals surface area contributed by atoms with E-state index in [0.29, 0.717) is 43.1 Å². The molecule has 0 unspecified atom stereocenters. The van der Waals surface area contributed by atoms with E-state index in [4.69, 9.17) is 9.47 Å². The molecule has 1 N–H and O–H groups in total. The van der Waals surface area contributed by atoms with Crippen molar-refractivity contribution in [2.24, 2.45) is 0 Å². The zero-order valence-corrected chi connectivity index (χ0v) is 18.9. The van der Waals surface area contributed by atoms with Crippen molar-refractivity contribution in [2.75, 3.05) is 31.6 Å². The molecular formula is C26H23F3N2O4.